The average molecular weight is 322 g/mol. The van der Waals surface area contributed by atoms with E-state index < -0.39 is 34.8 Å². The second-order valence-corrected chi connectivity index (χ2v) is 4.90. The zero-order valence-electron chi connectivity index (χ0n) is 12.2. The number of aromatic hydroxyl groups is 1. The minimum absolute atomic E-state index is 0.0159. The molecule has 1 aromatic carbocycles. The summed E-state index contributed by atoms with van der Waals surface area (Å²) >= 11 is 0. The number of hydrogen-bond donors (Lipinski definition) is 1. The Morgan fingerprint density at radius 2 is 1.82 bits per heavy atom. The zero-order valence-corrected chi connectivity index (χ0v) is 12.2. The van der Waals surface area contributed by atoms with Crippen LogP contribution < -0.4 is 0 Å². The fourth-order valence-corrected chi connectivity index (χ4v) is 1.91. The maximum absolute atomic E-state index is 13.1. The first-order valence-electron chi connectivity index (χ1n) is 7.04. The second-order valence-electron chi connectivity index (χ2n) is 4.90. The van der Waals surface area contributed by atoms with Gasteiger partial charge < -0.3 is 9.84 Å². The summed E-state index contributed by atoms with van der Waals surface area (Å²) in [4.78, 5) is 11.7. The molecule has 0 saturated heterocycles. The lowest BCUT2D eigenvalue weighted by molar-refractivity contribution is -0.138. The Hall–Kier alpha value is -1.79. The van der Waals surface area contributed by atoms with Crippen molar-refractivity contribution in [3.05, 3.63) is 29.1 Å². The van der Waals surface area contributed by atoms with Crippen molar-refractivity contribution in [1.82, 2.24) is 0 Å². The van der Waals surface area contributed by atoms with Crippen molar-refractivity contribution < 1.29 is 32.2 Å². The molecule has 0 aromatic heterocycles. The van der Waals surface area contributed by atoms with Crippen molar-refractivity contribution >= 4 is 5.97 Å². The van der Waals surface area contributed by atoms with E-state index >= 15 is 0 Å². The molecule has 0 atom stereocenters. The lowest BCUT2D eigenvalue weighted by Crippen LogP contribution is -2.16. The van der Waals surface area contributed by atoms with Crippen LogP contribution in [-0.2, 0) is 10.9 Å². The summed E-state index contributed by atoms with van der Waals surface area (Å²) in [5.41, 5.74) is -2.35. The zero-order chi connectivity index (χ0) is 16.8. The summed E-state index contributed by atoms with van der Waals surface area (Å²) < 4.78 is 56.2. The molecule has 0 saturated carbocycles. The SMILES string of the molecule is CCCCCCCOC(=O)c1cc(O)c(F)cc1C(F)(F)F. The van der Waals surface area contributed by atoms with E-state index in [0.29, 0.717) is 12.5 Å². The first kappa shape index (κ1) is 18.3. The van der Waals surface area contributed by atoms with E-state index in [9.17, 15) is 22.4 Å². The van der Waals surface area contributed by atoms with Crippen LogP contribution in [0.1, 0.15) is 54.9 Å². The number of carbonyl (C=O) groups excluding carboxylic acids is 1. The number of ether oxygens (including phenoxy) is 1. The molecule has 1 N–H and O–H groups in total. The fourth-order valence-electron chi connectivity index (χ4n) is 1.91. The first-order valence-corrected chi connectivity index (χ1v) is 7.04. The lowest BCUT2D eigenvalue weighted by Gasteiger charge is -2.13. The third-order valence-electron chi connectivity index (χ3n) is 3.09. The van der Waals surface area contributed by atoms with Crippen LogP contribution in [0.2, 0.25) is 0 Å². The molecule has 0 spiro atoms. The highest BCUT2D eigenvalue weighted by Crippen LogP contribution is 2.35. The van der Waals surface area contributed by atoms with Gasteiger partial charge in [0.05, 0.1) is 17.7 Å². The molecular formula is C15H18F4O3. The number of phenols is 1. The molecule has 22 heavy (non-hydrogen) atoms. The van der Waals surface area contributed by atoms with Gasteiger partial charge in [0, 0.05) is 0 Å². The minimum atomic E-state index is -4.91. The van der Waals surface area contributed by atoms with Gasteiger partial charge in [0.2, 0.25) is 0 Å². The molecule has 124 valence electrons. The number of hydrogen-bond acceptors (Lipinski definition) is 3. The van der Waals surface area contributed by atoms with Crippen molar-refractivity contribution in [1.29, 1.82) is 0 Å². The first-order chi connectivity index (χ1) is 10.3. The summed E-state index contributed by atoms with van der Waals surface area (Å²) in [6.07, 6.45) is -0.521. The minimum Gasteiger partial charge on any atom is -0.505 e. The van der Waals surface area contributed by atoms with Gasteiger partial charge in [-0.2, -0.15) is 13.2 Å². The van der Waals surface area contributed by atoms with E-state index in [1.807, 2.05) is 6.92 Å². The number of phenolic OH excluding ortho intramolecular Hbond substituents is 1. The molecule has 0 aliphatic heterocycles. The Bertz CT molecular complexity index is 512. The van der Waals surface area contributed by atoms with Crippen LogP contribution in [0.4, 0.5) is 17.6 Å². The molecule has 0 amide bonds. The fraction of sp³-hybridized carbons (Fsp3) is 0.533. The molecule has 0 unspecified atom stereocenters. The number of benzene rings is 1. The van der Waals surface area contributed by atoms with E-state index in [1.54, 1.807) is 0 Å². The third kappa shape index (κ3) is 5.20. The van der Waals surface area contributed by atoms with Crippen LogP contribution in [-0.4, -0.2) is 17.7 Å². The van der Waals surface area contributed by atoms with Crippen molar-refractivity contribution in [2.75, 3.05) is 6.61 Å². The topological polar surface area (TPSA) is 46.5 Å². The second kappa shape index (κ2) is 8.00. The van der Waals surface area contributed by atoms with Gasteiger partial charge in [-0.25, -0.2) is 9.18 Å². The molecule has 0 radical (unpaired) electrons. The summed E-state index contributed by atoms with van der Waals surface area (Å²) in [7, 11) is 0. The third-order valence-corrected chi connectivity index (χ3v) is 3.09. The number of unbranched alkanes of at least 4 members (excludes halogenated alkanes) is 4. The smallest absolute Gasteiger partial charge is 0.417 e. The molecule has 0 aliphatic rings. The predicted molar refractivity (Wildman–Crippen MR) is 72.1 cm³/mol. The monoisotopic (exact) mass is 322 g/mol. The van der Waals surface area contributed by atoms with Gasteiger partial charge in [-0.3, -0.25) is 0 Å². The van der Waals surface area contributed by atoms with Gasteiger partial charge in [0.1, 0.15) is 0 Å². The number of carbonyl (C=O) groups is 1. The van der Waals surface area contributed by atoms with E-state index in [4.69, 9.17) is 9.84 Å². The van der Waals surface area contributed by atoms with Crippen molar-refractivity contribution in [2.45, 2.75) is 45.2 Å². The van der Waals surface area contributed by atoms with Crippen LogP contribution in [0, 0.1) is 5.82 Å². The number of rotatable bonds is 7. The molecule has 0 fully saturated rings. The van der Waals surface area contributed by atoms with Crippen molar-refractivity contribution in [3.63, 3.8) is 0 Å². The van der Waals surface area contributed by atoms with Crippen LogP contribution >= 0.6 is 0 Å². The molecule has 7 heteroatoms. The van der Waals surface area contributed by atoms with Crippen molar-refractivity contribution in [2.24, 2.45) is 0 Å². The molecule has 0 bridgehead atoms. The van der Waals surface area contributed by atoms with E-state index in [2.05, 4.69) is 0 Å². The Morgan fingerprint density at radius 1 is 1.18 bits per heavy atom. The molecular weight excluding hydrogens is 304 g/mol. The van der Waals surface area contributed by atoms with Crippen LogP contribution in [0.3, 0.4) is 0 Å². The number of esters is 1. The van der Waals surface area contributed by atoms with Crippen LogP contribution in [0.25, 0.3) is 0 Å². The highest BCUT2D eigenvalue weighted by molar-refractivity contribution is 5.91. The van der Waals surface area contributed by atoms with Crippen LogP contribution in [0.15, 0.2) is 12.1 Å². The molecule has 0 heterocycles. The molecule has 3 nitrogen and oxygen atoms in total. The number of halogens is 4. The molecule has 1 rings (SSSR count). The molecule has 1 aromatic rings. The highest BCUT2D eigenvalue weighted by atomic mass is 19.4. The summed E-state index contributed by atoms with van der Waals surface area (Å²) in [6, 6.07) is 0.532. The maximum atomic E-state index is 13.1. The van der Waals surface area contributed by atoms with Gasteiger partial charge in [-0.05, 0) is 18.6 Å². The van der Waals surface area contributed by atoms with Gasteiger partial charge in [-0.15, -0.1) is 0 Å². The van der Waals surface area contributed by atoms with E-state index in [1.165, 1.54) is 0 Å². The summed E-state index contributed by atoms with van der Waals surface area (Å²) in [6.45, 7) is 2.03. The van der Waals surface area contributed by atoms with Crippen LogP contribution in [0.5, 0.6) is 5.75 Å². The summed E-state index contributed by atoms with van der Waals surface area (Å²) in [5, 5.41) is 9.16. The summed E-state index contributed by atoms with van der Waals surface area (Å²) in [5.74, 6) is -3.69. The quantitative estimate of drug-likeness (QED) is 0.450. The van der Waals surface area contributed by atoms with Gasteiger partial charge >= 0.3 is 12.1 Å². The standard InChI is InChI=1S/C15H18F4O3/c1-2-3-4-5-6-7-22-14(21)10-8-13(20)12(16)9-11(10)15(17,18)19/h8-9,20H,2-7H2,1H3. The van der Waals surface area contributed by atoms with Gasteiger partial charge in [-0.1, -0.05) is 32.6 Å². The number of alkyl halides is 3. The lowest BCUT2D eigenvalue weighted by atomic mass is 10.1. The van der Waals surface area contributed by atoms with Gasteiger partial charge in [0.15, 0.2) is 11.6 Å². The normalized spacial score (nSPS) is 11.5. The van der Waals surface area contributed by atoms with Gasteiger partial charge in [0.25, 0.3) is 0 Å². The molecule has 0 aliphatic carbocycles. The van der Waals surface area contributed by atoms with E-state index in [0.717, 1.165) is 25.7 Å². The predicted octanol–water partition coefficient (Wildman–Crippen LogP) is 4.68. The average Bonchev–Trinajstić information content (AvgIpc) is 2.43. The highest BCUT2D eigenvalue weighted by Gasteiger charge is 2.37. The maximum Gasteiger partial charge on any atom is 0.417 e. The largest absolute Gasteiger partial charge is 0.505 e. The Kier molecular flexibility index (Phi) is 6.64. The van der Waals surface area contributed by atoms with Crippen molar-refractivity contribution in [3.8, 4) is 5.75 Å². The Labute approximate surface area is 125 Å². The Morgan fingerprint density at radius 3 is 2.41 bits per heavy atom. The van der Waals surface area contributed by atoms with E-state index in [-0.39, 0.29) is 12.7 Å². The Balaban J connectivity index is 2.74.